The number of hydrogen-bond donors (Lipinski definition) is 1. The van der Waals surface area contributed by atoms with Crippen LogP contribution in [0.1, 0.15) is 21.1 Å². The summed E-state index contributed by atoms with van der Waals surface area (Å²) in [6, 6.07) is 6.09. The number of rotatable bonds is 3. The van der Waals surface area contributed by atoms with Crippen molar-refractivity contribution in [3.8, 4) is 0 Å². The Labute approximate surface area is 163 Å². The highest BCUT2D eigenvalue weighted by Gasteiger charge is 2.31. The number of carbonyl (C=O) groups excluding carboxylic acids is 1. The number of halogens is 5. The van der Waals surface area contributed by atoms with Crippen LogP contribution in [-0.2, 0) is 12.7 Å². The van der Waals surface area contributed by atoms with E-state index in [0.29, 0.717) is 10.1 Å². The van der Waals surface area contributed by atoms with Gasteiger partial charge in [-0.2, -0.15) is 13.2 Å². The normalized spacial score (nSPS) is 12.0. The molecule has 0 bridgehead atoms. The molecule has 5 nitrogen and oxygen atoms in total. The van der Waals surface area contributed by atoms with Crippen LogP contribution in [0.4, 0.5) is 17.6 Å². The summed E-state index contributed by atoms with van der Waals surface area (Å²) in [6.45, 7) is -0.166. The molecule has 1 aromatic carbocycles. The van der Waals surface area contributed by atoms with E-state index in [-0.39, 0.29) is 27.9 Å². The molecule has 1 N–H and O–H groups in total. The van der Waals surface area contributed by atoms with Crippen LogP contribution in [0.15, 0.2) is 36.5 Å². The third-order valence-corrected chi connectivity index (χ3v) is 5.66. The van der Waals surface area contributed by atoms with E-state index >= 15 is 0 Å². The highest BCUT2D eigenvalue weighted by atomic mass is 35.5. The van der Waals surface area contributed by atoms with Crippen molar-refractivity contribution in [2.75, 3.05) is 0 Å². The Hall–Kier alpha value is -2.72. The molecule has 1 amide bonds. The third kappa shape index (κ3) is 3.29. The molecule has 0 radical (unpaired) electrons. The van der Waals surface area contributed by atoms with Crippen molar-refractivity contribution in [3.63, 3.8) is 0 Å². The number of carbonyl (C=O) groups is 1. The van der Waals surface area contributed by atoms with Gasteiger partial charge in [-0.1, -0.05) is 11.6 Å². The number of benzene rings is 1. The number of thiophene rings is 1. The van der Waals surface area contributed by atoms with Crippen LogP contribution >= 0.6 is 22.9 Å². The van der Waals surface area contributed by atoms with E-state index in [1.54, 1.807) is 0 Å². The Bertz CT molecular complexity index is 1220. The number of pyridine rings is 1. The molecule has 4 aromatic rings. The Kier molecular flexibility index (Phi) is 4.47. The minimum Gasteiger partial charge on any atom is -0.344 e. The molecule has 3 aromatic heterocycles. The van der Waals surface area contributed by atoms with Gasteiger partial charge in [-0.05, 0) is 30.3 Å². The second-order valence-corrected chi connectivity index (χ2v) is 7.26. The van der Waals surface area contributed by atoms with E-state index in [0.717, 1.165) is 28.0 Å². The summed E-state index contributed by atoms with van der Waals surface area (Å²) in [6.07, 6.45) is -3.65. The molecule has 0 aliphatic rings. The third-order valence-electron chi connectivity index (χ3n) is 4.01. The van der Waals surface area contributed by atoms with Crippen molar-refractivity contribution < 1.29 is 22.4 Å². The quantitative estimate of drug-likeness (QED) is 0.482. The van der Waals surface area contributed by atoms with Gasteiger partial charge in [0, 0.05) is 16.3 Å². The van der Waals surface area contributed by atoms with Crippen LogP contribution < -0.4 is 5.32 Å². The fraction of sp³-hybridized carbons (Fsp3) is 0.118. The molecule has 0 unspecified atom stereocenters. The molecule has 0 aliphatic carbocycles. The predicted octanol–water partition coefficient (Wildman–Crippen LogP) is 4.69. The average Bonchev–Trinajstić information content (AvgIpc) is 3.19. The number of alkyl halides is 3. The highest BCUT2D eigenvalue weighted by Crippen LogP contribution is 2.35. The number of amides is 1. The van der Waals surface area contributed by atoms with Gasteiger partial charge in [0.2, 0.25) is 0 Å². The summed E-state index contributed by atoms with van der Waals surface area (Å²) in [4.78, 5) is 12.6. The van der Waals surface area contributed by atoms with Crippen LogP contribution in [0.25, 0.3) is 15.7 Å². The van der Waals surface area contributed by atoms with Crippen LogP contribution in [0.5, 0.6) is 0 Å². The van der Waals surface area contributed by atoms with Crippen molar-refractivity contribution >= 4 is 44.6 Å². The topological polar surface area (TPSA) is 59.3 Å². The van der Waals surface area contributed by atoms with E-state index in [4.69, 9.17) is 11.6 Å². The lowest BCUT2D eigenvalue weighted by Gasteiger charge is -2.08. The van der Waals surface area contributed by atoms with Crippen LogP contribution in [0.2, 0.25) is 5.02 Å². The fourth-order valence-electron chi connectivity index (χ4n) is 2.65. The first kappa shape index (κ1) is 18.6. The van der Waals surface area contributed by atoms with E-state index in [1.807, 2.05) is 0 Å². The SMILES string of the molecule is O=C(NCc1nnc2ccc(C(F)(F)F)cn12)c1sc2cc(F)ccc2c1Cl. The molecular formula is C17H9ClF4N4OS. The van der Waals surface area contributed by atoms with Crippen molar-refractivity contribution in [2.45, 2.75) is 12.7 Å². The lowest BCUT2D eigenvalue weighted by molar-refractivity contribution is -0.137. The van der Waals surface area contributed by atoms with Crippen molar-refractivity contribution in [1.82, 2.24) is 19.9 Å². The summed E-state index contributed by atoms with van der Waals surface area (Å²) in [5.41, 5.74) is -0.644. The standard InChI is InChI=1S/C17H9ClF4N4OS/c18-14-10-3-2-9(19)5-11(10)28-15(14)16(27)23-6-13-25-24-12-4-1-8(7-26(12)13)17(20,21)22/h1-5,7H,6H2,(H,23,27). The Balaban J connectivity index is 1.59. The van der Waals surface area contributed by atoms with E-state index in [2.05, 4.69) is 15.5 Å². The molecule has 3 heterocycles. The smallest absolute Gasteiger partial charge is 0.344 e. The van der Waals surface area contributed by atoms with Gasteiger partial charge in [0.05, 0.1) is 17.1 Å². The van der Waals surface area contributed by atoms with Crippen LogP contribution in [-0.4, -0.2) is 20.5 Å². The molecule has 0 spiro atoms. The first-order valence-corrected chi connectivity index (χ1v) is 9.00. The number of hydrogen-bond acceptors (Lipinski definition) is 4. The van der Waals surface area contributed by atoms with Crippen LogP contribution in [0.3, 0.4) is 0 Å². The predicted molar refractivity (Wildman–Crippen MR) is 96.0 cm³/mol. The maximum atomic E-state index is 13.3. The van der Waals surface area contributed by atoms with Crippen molar-refractivity contribution in [3.05, 3.63) is 63.6 Å². The van der Waals surface area contributed by atoms with E-state index < -0.39 is 23.5 Å². The number of aromatic nitrogens is 3. The maximum Gasteiger partial charge on any atom is 0.417 e. The zero-order chi connectivity index (χ0) is 20.1. The Morgan fingerprint density at radius 1 is 1.21 bits per heavy atom. The molecule has 0 atom stereocenters. The summed E-state index contributed by atoms with van der Waals surface area (Å²) < 4.78 is 53.7. The number of nitrogens with zero attached hydrogens (tertiary/aromatic N) is 3. The van der Waals surface area contributed by atoms with Crippen molar-refractivity contribution in [1.29, 1.82) is 0 Å². The summed E-state index contributed by atoms with van der Waals surface area (Å²) in [5.74, 6) is -0.874. The molecule has 0 saturated carbocycles. The maximum absolute atomic E-state index is 13.3. The lowest BCUT2D eigenvalue weighted by atomic mass is 10.2. The minimum atomic E-state index is -4.52. The van der Waals surface area contributed by atoms with Gasteiger partial charge in [-0.25, -0.2) is 4.39 Å². The summed E-state index contributed by atoms with van der Waals surface area (Å²) in [7, 11) is 0. The zero-order valence-electron chi connectivity index (χ0n) is 13.7. The van der Waals surface area contributed by atoms with Gasteiger partial charge < -0.3 is 5.32 Å². The van der Waals surface area contributed by atoms with Gasteiger partial charge in [0.25, 0.3) is 5.91 Å². The van der Waals surface area contributed by atoms with Gasteiger partial charge in [-0.3, -0.25) is 9.20 Å². The molecule has 11 heteroatoms. The van der Waals surface area contributed by atoms with Gasteiger partial charge in [0.1, 0.15) is 10.7 Å². The van der Waals surface area contributed by atoms with Gasteiger partial charge >= 0.3 is 6.18 Å². The molecule has 144 valence electrons. The summed E-state index contributed by atoms with van der Waals surface area (Å²) >= 11 is 7.22. The van der Waals surface area contributed by atoms with Gasteiger partial charge in [0.15, 0.2) is 11.5 Å². The Morgan fingerprint density at radius 2 is 2.00 bits per heavy atom. The fourth-order valence-corrected chi connectivity index (χ4v) is 4.11. The van der Waals surface area contributed by atoms with Crippen molar-refractivity contribution in [2.24, 2.45) is 0 Å². The molecule has 4 rings (SSSR count). The average molecular weight is 429 g/mol. The second-order valence-electron chi connectivity index (χ2n) is 5.83. The number of nitrogens with one attached hydrogen (secondary N) is 1. The van der Waals surface area contributed by atoms with E-state index in [9.17, 15) is 22.4 Å². The molecule has 0 saturated heterocycles. The molecule has 0 fully saturated rings. The largest absolute Gasteiger partial charge is 0.417 e. The highest BCUT2D eigenvalue weighted by molar-refractivity contribution is 7.21. The second kappa shape index (κ2) is 6.71. The minimum absolute atomic E-state index is 0.123. The summed E-state index contributed by atoms with van der Waals surface area (Å²) in [5, 5.41) is 10.9. The lowest BCUT2D eigenvalue weighted by Crippen LogP contribution is -2.23. The number of fused-ring (bicyclic) bond motifs is 2. The Morgan fingerprint density at radius 3 is 2.75 bits per heavy atom. The first-order valence-electron chi connectivity index (χ1n) is 7.80. The van der Waals surface area contributed by atoms with E-state index in [1.165, 1.54) is 24.3 Å². The molecule has 28 heavy (non-hydrogen) atoms. The molecular weight excluding hydrogens is 420 g/mol. The van der Waals surface area contributed by atoms with Crippen LogP contribution in [0, 0.1) is 5.82 Å². The first-order chi connectivity index (χ1) is 13.2. The monoisotopic (exact) mass is 428 g/mol. The zero-order valence-corrected chi connectivity index (χ0v) is 15.3. The van der Waals surface area contributed by atoms with Gasteiger partial charge in [-0.15, -0.1) is 21.5 Å². The molecule has 0 aliphatic heterocycles.